The van der Waals surface area contributed by atoms with Crippen molar-refractivity contribution in [3.63, 3.8) is 0 Å². The molecule has 0 amide bonds. The molecule has 0 saturated heterocycles. The predicted molar refractivity (Wildman–Crippen MR) is 136 cm³/mol. The number of nitrogens with zero attached hydrogens (tertiary/aromatic N) is 8. The Morgan fingerprint density at radius 2 is 2.05 bits per heavy atom. The minimum atomic E-state index is -0.564. The molecule has 11 nitrogen and oxygen atoms in total. The van der Waals surface area contributed by atoms with E-state index in [0.717, 1.165) is 35.3 Å². The van der Waals surface area contributed by atoms with E-state index in [9.17, 15) is 4.79 Å². The first-order chi connectivity index (χ1) is 17.7. The number of esters is 1. The molecule has 0 unspecified atom stereocenters. The monoisotopic (exact) mass is 499 g/mol. The summed E-state index contributed by atoms with van der Waals surface area (Å²) in [4.78, 5) is 21.1. The summed E-state index contributed by atoms with van der Waals surface area (Å²) < 4.78 is 9.02. The molecular weight excluding hydrogens is 470 g/mol. The van der Waals surface area contributed by atoms with Crippen molar-refractivity contribution >= 4 is 22.7 Å². The van der Waals surface area contributed by atoms with Gasteiger partial charge in [-0.1, -0.05) is 5.21 Å². The number of nitriles is 1. The van der Waals surface area contributed by atoms with E-state index >= 15 is 0 Å². The lowest BCUT2D eigenvalue weighted by Crippen LogP contribution is -2.29. The van der Waals surface area contributed by atoms with Gasteiger partial charge in [0.25, 0.3) is 0 Å². The van der Waals surface area contributed by atoms with Crippen molar-refractivity contribution in [2.24, 2.45) is 5.92 Å². The largest absolute Gasteiger partial charge is 0.459 e. The Kier molecular flexibility index (Phi) is 6.33. The predicted octanol–water partition coefficient (Wildman–Crippen LogP) is 3.75. The van der Waals surface area contributed by atoms with Crippen LogP contribution in [0.1, 0.15) is 58.2 Å². The minimum Gasteiger partial charge on any atom is -0.459 e. The van der Waals surface area contributed by atoms with E-state index in [1.54, 1.807) is 27.8 Å². The Labute approximate surface area is 214 Å². The number of carbonyl (C=O) groups is 1. The smallest absolute Gasteiger partial charge is 0.309 e. The fourth-order valence-corrected chi connectivity index (χ4v) is 4.00. The third-order valence-electron chi connectivity index (χ3n) is 6.13. The van der Waals surface area contributed by atoms with Crippen LogP contribution in [0, 0.1) is 17.2 Å². The zero-order valence-electron chi connectivity index (χ0n) is 21.3. The van der Waals surface area contributed by atoms with Gasteiger partial charge in [0, 0.05) is 23.7 Å². The molecule has 0 aromatic carbocycles. The summed E-state index contributed by atoms with van der Waals surface area (Å²) in [6.07, 6.45) is 9.90. The Bertz CT molecular complexity index is 1490. The van der Waals surface area contributed by atoms with Crippen LogP contribution >= 0.6 is 0 Å². The lowest BCUT2D eigenvalue weighted by Gasteiger charge is -2.24. The molecule has 190 valence electrons. The van der Waals surface area contributed by atoms with Gasteiger partial charge in [-0.15, -0.1) is 5.10 Å². The summed E-state index contributed by atoms with van der Waals surface area (Å²) in [5.74, 6) is 0.557. The number of fused-ring (bicyclic) bond motifs is 1. The summed E-state index contributed by atoms with van der Waals surface area (Å²) in [7, 11) is 0. The third kappa shape index (κ3) is 5.43. The molecule has 4 heterocycles. The number of aryl methyl sites for hydroxylation is 1. The average Bonchev–Trinajstić information content (AvgIpc) is 3.47. The van der Waals surface area contributed by atoms with Crippen molar-refractivity contribution in [1.29, 1.82) is 5.26 Å². The molecule has 1 N–H and O–H groups in total. The quantitative estimate of drug-likeness (QED) is 0.341. The van der Waals surface area contributed by atoms with E-state index in [-0.39, 0.29) is 17.9 Å². The van der Waals surface area contributed by atoms with Gasteiger partial charge in [-0.3, -0.25) is 4.79 Å². The summed E-state index contributed by atoms with van der Waals surface area (Å²) in [6.45, 7) is 7.96. The second kappa shape index (κ2) is 9.61. The van der Waals surface area contributed by atoms with Crippen LogP contribution in [-0.4, -0.2) is 52.4 Å². The zero-order chi connectivity index (χ0) is 26.2. The first-order valence-corrected chi connectivity index (χ1v) is 12.4. The highest BCUT2D eigenvalue weighted by molar-refractivity contribution is 5.78. The Morgan fingerprint density at radius 1 is 1.24 bits per heavy atom. The third-order valence-corrected chi connectivity index (χ3v) is 6.13. The maximum absolute atomic E-state index is 12.1. The van der Waals surface area contributed by atoms with Gasteiger partial charge in [-0.2, -0.15) is 15.0 Å². The second-order valence-electron chi connectivity index (χ2n) is 10.3. The van der Waals surface area contributed by atoms with E-state index in [1.807, 2.05) is 26.1 Å². The highest BCUT2D eigenvalue weighted by Gasteiger charge is 2.35. The molecule has 0 atom stereocenters. The van der Waals surface area contributed by atoms with Crippen molar-refractivity contribution < 1.29 is 9.53 Å². The molecule has 5 rings (SSSR count). The zero-order valence-corrected chi connectivity index (χ0v) is 21.3. The van der Waals surface area contributed by atoms with Gasteiger partial charge in [0.05, 0.1) is 41.5 Å². The van der Waals surface area contributed by atoms with Crippen molar-refractivity contribution in [1.82, 2.24) is 34.7 Å². The summed E-state index contributed by atoms with van der Waals surface area (Å²) in [5, 5.41) is 26.5. The van der Waals surface area contributed by atoms with Gasteiger partial charge in [0.1, 0.15) is 17.4 Å². The Morgan fingerprint density at radius 3 is 2.78 bits per heavy atom. The first-order valence-electron chi connectivity index (χ1n) is 12.4. The summed E-state index contributed by atoms with van der Waals surface area (Å²) in [5.41, 5.74) is 2.88. The van der Waals surface area contributed by atoms with Crippen LogP contribution < -0.4 is 5.32 Å². The molecule has 0 aliphatic heterocycles. The number of anilines is 1. The van der Waals surface area contributed by atoms with Crippen molar-refractivity contribution in [2.75, 3.05) is 5.32 Å². The summed E-state index contributed by atoms with van der Waals surface area (Å²) >= 11 is 0. The number of ether oxygens (including phenoxy) is 1. The molecule has 1 saturated carbocycles. The lowest BCUT2D eigenvalue weighted by molar-refractivity contribution is -0.158. The fourth-order valence-electron chi connectivity index (χ4n) is 4.00. The number of hydrogen-bond acceptors (Lipinski definition) is 9. The molecule has 0 bridgehead atoms. The highest BCUT2D eigenvalue weighted by atomic mass is 16.6. The Hall–Kier alpha value is -4.33. The van der Waals surface area contributed by atoms with E-state index in [2.05, 4.69) is 50.6 Å². The molecular formula is C26H29N9O2. The molecule has 11 heteroatoms. The number of nitrogens with one attached hydrogen (secondary N) is 1. The van der Waals surface area contributed by atoms with Crippen molar-refractivity contribution in [2.45, 2.75) is 65.0 Å². The molecule has 4 aromatic heterocycles. The SMILES string of the molecule is CC(C)Nc1cc(-n2ncc3cc(C#N)cnc32)ncc1-n1cc(CCC(C)(C)OC(=O)C2CC2)nn1. The van der Waals surface area contributed by atoms with Gasteiger partial charge >= 0.3 is 5.97 Å². The number of aromatic nitrogens is 7. The molecule has 1 aliphatic rings. The molecule has 0 spiro atoms. The minimum absolute atomic E-state index is 0.0769. The van der Waals surface area contributed by atoms with Crippen LogP contribution in [0.25, 0.3) is 22.5 Å². The standard InChI is InChI=1S/C26H29N9O2/c1-16(2)31-21-10-23(35-24-19(13-30-35)9-17(11-27)12-29-24)28-14-22(21)34-15-20(32-33-34)7-8-26(3,4)37-25(36)18-5-6-18/h9-10,12-16,18H,5-8H2,1-4H3,(H,28,31). The number of rotatable bonds is 9. The van der Waals surface area contributed by atoms with Gasteiger partial charge < -0.3 is 10.1 Å². The van der Waals surface area contributed by atoms with Crippen LogP contribution in [-0.2, 0) is 16.0 Å². The van der Waals surface area contributed by atoms with Gasteiger partial charge in [0.2, 0.25) is 0 Å². The van der Waals surface area contributed by atoms with Gasteiger partial charge in [-0.05, 0) is 59.4 Å². The maximum Gasteiger partial charge on any atom is 0.309 e. The average molecular weight is 500 g/mol. The molecule has 37 heavy (non-hydrogen) atoms. The van der Waals surface area contributed by atoms with Crippen LogP contribution in [0.4, 0.5) is 5.69 Å². The van der Waals surface area contributed by atoms with E-state index in [0.29, 0.717) is 29.9 Å². The number of carbonyl (C=O) groups excluding carboxylic acids is 1. The normalized spacial score (nSPS) is 13.6. The Balaban J connectivity index is 1.38. The van der Waals surface area contributed by atoms with E-state index < -0.39 is 5.60 Å². The molecule has 0 radical (unpaired) electrons. The van der Waals surface area contributed by atoms with Gasteiger partial charge in [-0.25, -0.2) is 14.6 Å². The van der Waals surface area contributed by atoms with Crippen LogP contribution in [0.3, 0.4) is 0 Å². The van der Waals surface area contributed by atoms with Crippen LogP contribution in [0.5, 0.6) is 0 Å². The van der Waals surface area contributed by atoms with E-state index in [1.165, 1.54) is 6.20 Å². The fraction of sp³-hybridized carbons (Fsp3) is 0.423. The molecule has 1 aliphatic carbocycles. The topological polar surface area (TPSA) is 136 Å². The molecule has 4 aromatic rings. The van der Waals surface area contributed by atoms with Crippen LogP contribution in [0.2, 0.25) is 0 Å². The van der Waals surface area contributed by atoms with E-state index in [4.69, 9.17) is 10.00 Å². The second-order valence-corrected chi connectivity index (χ2v) is 10.3. The van der Waals surface area contributed by atoms with Crippen molar-refractivity contribution in [3.8, 4) is 17.6 Å². The number of hydrogen-bond donors (Lipinski definition) is 1. The lowest BCUT2D eigenvalue weighted by atomic mass is 10.0. The van der Waals surface area contributed by atoms with Crippen molar-refractivity contribution in [3.05, 3.63) is 48.2 Å². The first kappa shape index (κ1) is 24.4. The number of pyridine rings is 2. The van der Waals surface area contributed by atoms with Gasteiger partial charge in [0.15, 0.2) is 11.5 Å². The maximum atomic E-state index is 12.1. The highest BCUT2D eigenvalue weighted by Crippen LogP contribution is 2.32. The molecule has 1 fully saturated rings. The summed E-state index contributed by atoms with van der Waals surface area (Å²) in [6, 6.07) is 5.89. The van der Waals surface area contributed by atoms with Crippen LogP contribution in [0.15, 0.2) is 36.9 Å².